The summed E-state index contributed by atoms with van der Waals surface area (Å²) >= 11 is 6.46. The maximum absolute atomic E-state index is 14.7. The summed E-state index contributed by atoms with van der Waals surface area (Å²) in [6, 6.07) is 0.801. The molecule has 4 aliphatic heterocycles. The van der Waals surface area contributed by atoms with Crippen LogP contribution in [0, 0.1) is 0 Å². The van der Waals surface area contributed by atoms with E-state index in [1.54, 1.807) is 7.11 Å². The van der Waals surface area contributed by atoms with Crippen molar-refractivity contribution in [2.45, 2.75) is 86.5 Å². The highest BCUT2D eigenvalue weighted by Crippen LogP contribution is 2.44. The van der Waals surface area contributed by atoms with Gasteiger partial charge in [0, 0.05) is 51.4 Å². The third-order valence-corrected chi connectivity index (χ3v) is 9.93. The van der Waals surface area contributed by atoms with Crippen LogP contribution >= 0.6 is 11.6 Å². The van der Waals surface area contributed by atoms with Crippen LogP contribution in [-0.2, 0) is 25.4 Å². The first-order valence-corrected chi connectivity index (χ1v) is 16.2. The van der Waals surface area contributed by atoms with Gasteiger partial charge in [-0.2, -0.15) is 0 Å². The zero-order chi connectivity index (χ0) is 34.0. The number of carbonyl (C=O) groups is 1. The topological polar surface area (TPSA) is 237 Å². The minimum atomic E-state index is -2.18. The number of aliphatic hydroxyl groups is 7. The Morgan fingerprint density at radius 1 is 1.11 bits per heavy atom. The highest BCUT2D eigenvalue weighted by atomic mass is 35.5. The minimum absolute atomic E-state index is 0.0571. The van der Waals surface area contributed by atoms with E-state index in [4.69, 9.17) is 41.0 Å². The molecule has 9 N–H and O–H groups in total. The van der Waals surface area contributed by atoms with Crippen molar-refractivity contribution in [1.29, 1.82) is 0 Å². The van der Waals surface area contributed by atoms with Gasteiger partial charge in [-0.05, 0) is 25.3 Å². The summed E-state index contributed by atoms with van der Waals surface area (Å²) in [5.41, 5.74) is 4.93. The standard InChI is InChI=1S/C30H46ClN3O13/c1-43-9-2-6-33-7-3-15(4-8-33)34(28(42)17-11-18(31)21(32)16-5-10-44-25(16)17)30(14-37)27(41)26(20(13-36)47-30)46-29-24(40)23(39)22(38)19(12-35)45-29/h11,15,19-20,22-24,26-27,29,35-41H,2-10,12-14,32H2,1H3/t19-,20-,22+,23+,24-,26-,27+,29+,30?/m1/s1. The normalized spacial score (nSPS) is 34.7. The average molecular weight is 692 g/mol. The number of hydrogen-bond donors (Lipinski definition) is 8. The number of carbonyl (C=O) groups excluding carboxylic acids is 1. The molecule has 9 atom stereocenters. The molecule has 0 spiro atoms. The molecule has 16 nitrogen and oxygen atoms in total. The number of piperidine rings is 1. The molecule has 0 aliphatic carbocycles. The Bertz CT molecular complexity index is 1240. The molecule has 0 aromatic heterocycles. The first-order valence-electron chi connectivity index (χ1n) is 15.8. The highest BCUT2D eigenvalue weighted by molar-refractivity contribution is 6.33. The van der Waals surface area contributed by atoms with Crippen molar-refractivity contribution in [2.75, 3.05) is 65.5 Å². The summed E-state index contributed by atoms with van der Waals surface area (Å²) in [7, 11) is 1.63. The second-order valence-electron chi connectivity index (χ2n) is 12.4. The van der Waals surface area contributed by atoms with Crippen LogP contribution in [0.25, 0.3) is 0 Å². The van der Waals surface area contributed by atoms with Gasteiger partial charge >= 0.3 is 0 Å². The molecular formula is C30H46ClN3O13. The van der Waals surface area contributed by atoms with Gasteiger partial charge < -0.3 is 75.0 Å². The van der Waals surface area contributed by atoms with Crippen LogP contribution in [0.2, 0.25) is 5.02 Å². The van der Waals surface area contributed by atoms with E-state index in [9.17, 15) is 40.5 Å². The van der Waals surface area contributed by atoms with E-state index in [0.717, 1.165) is 13.0 Å². The molecule has 1 unspecified atom stereocenters. The number of anilines is 1. The second kappa shape index (κ2) is 15.3. The van der Waals surface area contributed by atoms with E-state index in [0.29, 0.717) is 44.5 Å². The van der Waals surface area contributed by atoms with Crippen LogP contribution in [0.3, 0.4) is 0 Å². The monoisotopic (exact) mass is 691 g/mol. The molecule has 4 heterocycles. The number of nitrogens with two attached hydrogens (primary N) is 1. The molecule has 266 valence electrons. The number of amides is 1. The number of likely N-dealkylation sites (tertiary alicyclic amines) is 1. The molecule has 17 heteroatoms. The van der Waals surface area contributed by atoms with E-state index in [2.05, 4.69) is 4.90 Å². The number of hydrogen-bond acceptors (Lipinski definition) is 15. The van der Waals surface area contributed by atoms with Gasteiger partial charge in [0.2, 0.25) is 0 Å². The number of fused-ring (bicyclic) bond motifs is 1. The molecule has 1 aromatic carbocycles. The van der Waals surface area contributed by atoms with Crippen molar-refractivity contribution in [3.8, 4) is 5.75 Å². The van der Waals surface area contributed by atoms with Crippen LogP contribution < -0.4 is 10.5 Å². The Kier molecular flexibility index (Phi) is 11.9. The van der Waals surface area contributed by atoms with Crippen LogP contribution in [0.4, 0.5) is 5.69 Å². The fourth-order valence-corrected chi connectivity index (χ4v) is 7.26. The molecule has 3 fully saturated rings. The average Bonchev–Trinajstić information content (AvgIpc) is 3.67. The Morgan fingerprint density at radius 3 is 2.45 bits per heavy atom. The number of nitrogens with zero attached hydrogens (tertiary/aromatic N) is 2. The number of rotatable bonds is 12. The lowest BCUT2D eigenvalue weighted by Gasteiger charge is -2.48. The highest BCUT2D eigenvalue weighted by Gasteiger charge is 2.62. The predicted octanol–water partition coefficient (Wildman–Crippen LogP) is -2.57. The zero-order valence-electron chi connectivity index (χ0n) is 26.2. The number of halogens is 1. The van der Waals surface area contributed by atoms with Crippen LogP contribution in [0.5, 0.6) is 5.75 Å². The summed E-state index contributed by atoms with van der Waals surface area (Å²) in [6.07, 6.45) is -10.8. The third kappa shape index (κ3) is 6.81. The van der Waals surface area contributed by atoms with Gasteiger partial charge in [0.05, 0.1) is 42.7 Å². The lowest BCUT2D eigenvalue weighted by Crippen LogP contribution is -2.66. The molecule has 0 bridgehead atoms. The maximum Gasteiger partial charge on any atom is 0.260 e. The molecule has 3 saturated heterocycles. The van der Waals surface area contributed by atoms with Crippen molar-refractivity contribution >= 4 is 23.2 Å². The van der Waals surface area contributed by atoms with Gasteiger partial charge in [-0.3, -0.25) is 4.79 Å². The Morgan fingerprint density at radius 2 is 1.81 bits per heavy atom. The number of ether oxygens (including phenoxy) is 5. The van der Waals surface area contributed by atoms with Gasteiger partial charge in [-0.15, -0.1) is 0 Å². The van der Waals surface area contributed by atoms with E-state index in [1.807, 2.05) is 0 Å². The molecule has 4 aliphatic rings. The molecule has 5 rings (SSSR count). The SMILES string of the molecule is COCCCN1CCC(N(C(=O)c2cc(Cl)c(N)c3c2OCC3)C2(CO)O[C@H](CO)[C@@H](O[C@@H]3O[C@H](CO)[C@H](O)[C@H](O)[C@H]3O)[C@@H]2O)CC1. The largest absolute Gasteiger partial charge is 0.492 e. The van der Waals surface area contributed by atoms with Crippen LogP contribution in [0.1, 0.15) is 35.2 Å². The van der Waals surface area contributed by atoms with E-state index < -0.39 is 86.5 Å². The van der Waals surface area contributed by atoms with Gasteiger partial charge in [0.25, 0.3) is 5.91 Å². The molecule has 47 heavy (non-hydrogen) atoms. The third-order valence-electron chi connectivity index (χ3n) is 9.61. The fourth-order valence-electron chi connectivity index (χ4n) is 7.04. The van der Waals surface area contributed by atoms with Crippen molar-refractivity contribution in [1.82, 2.24) is 9.80 Å². The molecule has 1 aromatic rings. The van der Waals surface area contributed by atoms with E-state index in [-0.39, 0.29) is 28.6 Å². The maximum atomic E-state index is 14.7. The van der Waals surface area contributed by atoms with Gasteiger partial charge in [-0.1, -0.05) is 11.6 Å². The summed E-state index contributed by atoms with van der Waals surface area (Å²) in [5, 5.41) is 74.1. The first kappa shape index (κ1) is 36.4. The van der Waals surface area contributed by atoms with Gasteiger partial charge in [0.15, 0.2) is 12.0 Å². The quantitative estimate of drug-likeness (QED) is 0.0830. The number of aliphatic hydroxyl groups excluding tert-OH is 7. The van der Waals surface area contributed by atoms with E-state index >= 15 is 0 Å². The smallest absolute Gasteiger partial charge is 0.260 e. The van der Waals surface area contributed by atoms with E-state index in [1.165, 1.54) is 11.0 Å². The lowest BCUT2D eigenvalue weighted by atomic mass is 9.93. The number of benzene rings is 1. The molecule has 1 amide bonds. The fraction of sp³-hybridized carbons (Fsp3) is 0.767. The van der Waals surface area contributed by atoms with Crippen molar-refractivity contribution < 1.29 is 64.2 Å². The van der Waals surface area contributed by atoms with Crippen molar-refractivity contribution in [3.63, 3.8) is 0 Å². The summed E-state index contributed by atoms with van der Waals surface area (Å²) in [4.78, 5) is 18.2. The predicted molar refractivity (Wildman–Crippen MR) is 164 cm³/mol. The summed E-state index contributed by atoms with van der Waals surface area (Å²) in [5.74, 6) is -0.423. The van der Waals surface area contributed by atoms with Crippen molar-refractivity contribution in [3.05, 3.63) is 22.2 Å². The van der Waals surface area contributed by atoms with Crippen LogP contribution in [0.15, 0.2) is 6.07 Å². The second-order valence-corrected chi connectivity index (χ2v) is 12.8. The molecule has 0 radical (unpaired) electrons. The Labute approximate surface area is 277 Å². The van der Waals surface area contributed by atoms with Gasteiger partial charge in [-0.25, -0.2) is 0 Å². The number of nitrogen functional groups attached to an aromatic ring is 1. The molecule has 0 saturated carbocycles. The number of methoxy groups -OCH3 is 1. The van der Waals surface area contributed by atoms with Gasteiger partial charge in [0.1, 0.15) is 48.5 Å². The van der Waals surface area contributed by atoms with Crippen molar-refractivity contribution in [2.24, 2.45) is 0 Å². The molecular weight excluding hydrogens is 646 g/mol. The van der Waals surface area contributed by atoms with Crippen LogP contribution in [-0.4, -0.2) is 172 Å². The Balaban J connectivity index is 1.50. The zero-order valence-corrected chi connectivity index (χ0v) is 26.9. The minimum Gasteiger partial charge on any atom is -0.492 e. The summed E-state index contributed by atoms with van der Waals surface area (Å²) in [6.45, 7) is 0.419. The summed E-state index contributed by atoms with van der Waals surface area (Å²) < 4.78 is 28.5. The lowest BCUT2D eigenvalue weighted by molar-refractivity contribution is -0.318. The first-order chi connectivity index (χ1) is 22.5. The Hall–Kier alpha value is -1.90.